The predicted molar refractivity (Wildman–Crippen MR) is 120 cm³/mol. The largest absolute Gasteiger partial charge is 0.424 e. The number of carbonyl (C=O) groups excluding carboxylic acids is 1. The van der Waals surface area contributed by atoms with E-state index in [2.05, 4.69) is 11.6 Å². The molecule has 0 spiro atoms. The summed E-state index contributed by atoms with van der Waals surface area (Å²) in [6.07, 6.45) is -1.43. The molecule has 2 unspecified atom stereocenters. The van der Waals surface area contributed by atoms with Gasteiger partial charge in [0.05, 0.1) is 11.9 Å². The lowest BCUT2D eigenvalue weighted by Crippen LogP contribution is -2.37. The summed E-state index contributed by atoms with van der Waals surface area (Å²) in [6.45, 7) is 7.22. The summed E-state index contributed by atoms with van der Waals surface area (Å²) in [7, 11) is -0.796. The zero-order valence-electron chi connectivity index (χ0n) is 17.7. The van der Waals surface area contributed by atoms with Gasteiger partial charge in [0, 0.05) is 16.5 Å². The molecule has 8 heteroatoms. The van der Waals surface area contributed by atoms with Gasteiger partial charge in [0.2, 0.25) is 0 Å². The van der Waals surface area contributed by atoms with Crippen LogP contribution in [0.25, 0.3) is 22.2 Å². The van der Waals surface area contributed by atoms with Crippen LogP contribution in [0.15, 0.2) is 61.2 Å². The average molecular weight is 455 g/mol. The number of ether oxygens (including phenoxy) is 1. The van der Waals surface area contributed by atoms with Gasteiger partial charge in [-0.1, -0.05) is 38.6 Å². The standard InChI is InChI=1S/C24H23FNO5P/c1-4-24(29,32-30)19(27)13-20(28)31-23-21(14(2)3)17-7-5-6-8-18(17)26-22(23)15-9-11-16(25)12-10-15/h4-12,14,19,27,29H,1,13H2,2-3H3. The van der Waals surface area contributed by atoms with Crippen molar-refractivity contribution in [3.63, 3.8) is 0 Å². The van der Waals surface area contributed by atoms with Crippen molar-refractivity contribution in [3.8, 4) is 17.0 Å². The molecule has 0 amide bonds. The van der Waals surface area contributed by atoms with Crippen LogP contribution >= 0.6 is 8.46 Å². The highest BCUT2D eigenvalue weighted by atomic mass is 31.1. The topological polar surface area (TPSA) is 96.7 Å². The minimum absolute atomic E-state index is 0.0694. The van der Waals surface area contributed by atoms with Crippen molar-refractivity contribution in [2.24, 2.45) is 0 Å². The number of fused-ring (bicyclic) bond motifs is 1. The van der Waals surface area contributed by atoms with Crippen LogP contribution in [0.1, 0.15) is 31.7 Å². The summed E-state index contributed by atoms with van der Waals surface area (Å²) in [4.78, 5) is 17.4. The van der Waals surface area contributed by atoms with Gasteiger partial charge < -0.3 is 14.9 Å². The van der Waals surface area contributed by atoms with Crippen molar-refractivity contribution in [1.82, 2.24) is 4.98 Å². The van der Waals surface area contributed by atoms with E-state index in [1.165, 1.54) is 24.3 Å². The Labute approximate surface area is 186 Å². The molecule has 0 fully saturated rings. The molecule has 3 rings (SSSR count). The number of pyridine rings is 1. The molecule has 6 nitrogen and oxygen atoms in total. The van der Waals surface area contributed by atoms with Crippen LogP contribution in [-0.4, -0.2) is 32.6 Å². The molecule has 0 aliphatic carbocycles. The van der Waals surface area contributed by atoms with E-state index in [9.17, 15) is 24.0 Å². The van der Waals surface area contributed by atoms with Crippen LogP contribution in [-0.2, 0) is 9.36 Å². The highest BCUT2D eigenvalue weighted by Gasteiger charge is 2.36. The quantitative estimate of drug-likeness (QED) is 0.282. The maximum atomic E-state index is 13.5. The van der Waals surface area contributed by atoms with Gasteiger partial charge >= 0.3 is 5.97 Å². The molecule has 0 radical (unpaired) electrons. The summed E-state index contributed by atoms with van der Waals surface area (Å²) in [5, 5.41) is 18.9. The Morgan fingerprint density at radius 3 is 2.50 bits per heavy atom. The predicted octanol–water partition coefficient (Wildman–Crippen LogP) is 4.99. The first-order valence-corrected chi connectivity index (χ1v) is 10.8. The first-order chi connectivity index (χ1) is 15.2. The second-order valence-electron chi connectivity index (χ2n) is 7.65. The fourth-order valence-corrected chi connectivity index (χ4v) is 3.69. The molecule has 2 aromatic carbocycles. The van der Waals surface area contributed by atoms with Crippen LogP contribution in [0.2, 0.25) is 0 Å². The first-order valence-electron chi connectivity index (χ1n) is 9.98. The Kier molecular flexibility index (Phi) is 7.14. The van der Waals surface area contributed by atoms with E-state index in [4.69, 9.17) is 4.74 Å². The molecule has 0 saturated carbocycles. The number of rotatable bonds is 8. The molecule has 2 N–H and O–H groups in total. The molecule has 32 heavy (non-hydrogen) atoms. The van der Waals surface area contributed by atoms with Crippen molar-refractivity contribution in [2.45, 2.75) is 37.6 Å². The smallest absolute Gasteiger partial charge is 0.314 e. The number of carbonyl (C=O) groups is 1. The highest BCUT2D eigenvalue weighted by molar-refractivity contribution is 7.26. The third-order valence-electron chi connectivity index (χ3n) is 5.09. The Balaban J connectivity index is 2.13. The lowest BCUT2D eigenvalue weighted by atomic mass is 9.94. The molecule has 3 aromatic rings. The average Bonchev–Trinajstić information content (AvgIpc) is 2.78. The van der Waals surface area contributed by atoms with Gasteiger partial charge in [-0.25, -0.2) is 9.37 Å². The maximum Gasteiger partial charge on any atom is 0.314 e. The summed E-state index contributed by atoms with van der Waals surface area (Å²) < 4.78 is 30.4. The van der Waals surface area contributed by atoms with Crippen LogP contribution in [0.4, 0.5) is 4.39 Å². The highest BCUT2D eigenvalue weighted by Crippen LogP contribution is 2.40. The van der Waals surface area contributed by atoms with Crippen molar-refractivity contribution in [2.75, 3.05) is 0 Å². The van der Waals surface area contributed by atoms with Crippen LogP contribution in [0.3, 0.4) is 0 Å². The molecular weight excluding hydrogens is 432 g/mol. The Bertz CT molecular complexity index is 1160. The fourth-order valence-electron chi connectivity index (χ4n) is 3.40. The van der Waals surface area contributed by atoms with Gasteiger partial charge in [-0.05, 0) is 42.3 Å². The summed E-state index contributed by atoms with van der Waals surface area (Å²) in [6, 6.07) is 13.0. The van der Waals surface area contributed by atoms with Gasteiger partial charge in [0.15, 0.2) is 19.6 Å². The van der Waals surface area contributed by atoms with E-state index < -0.39 is 38.1 Å². The molecule has 0 aliphatic rings. The summed E-state index contributed by atoms with van der Waals surface area (Å²) in [5.41, 5.74) is 2.29. The molecule has 2 atom stereocenters. The molecule has 0 bridgehead atoms. The molecule has 1 heterocycles. The number of aliphatic hydroxyl groups is 2. The van der Waals surface area contributed by atoms with E-state index in [1.807, 2.05) is 38.1 Å². The number of halogens is 1. The van der Waals surface area contributed by atoms with E-state index in [0.717, 1.165) is 17.0 Å². The van der Waals surface area contributed by atoms with Crippen LogP contribution < -0.4 is 4.74 Å². The second kappa shape index (κ2) is 9.65. The van der Waals surface area contributed by atoms with Crippen molar-refractivity contribution < 1.29 is 28.7 Å². The van der Waals surface area contributed by atoms with Crippen molar-refractivity contribution >= 4 is 25.3 Å². The van der Waals surface area contributed by atoms with Crippen LogP contribution in [0, 0.1) is 5.82 Å². The minimum Gasteiger partial charge on any atom is -0.424 e. The van der Waals surface area contributed by atoms with E-state index in [-0.39, 0.29) is 11.7 Å². The zero-order chi connectivity index (χ0) is 23.5. The van der Waals surface area contributed by atoms with Crippen molar-refractivity contribution in [3.05, 3.63) is 72.6 Å². The third kappa shape index (κ3) is 4.75. The zero-order valence-corrected chi connectivity index (χ0v) is 18.6. The van der Waals surface area contributed by atoms with Gasteiger partial charge in [-0.2, -0.15) is 0 Å². The Hall–Kier alpha value is -2.99. The number of esters is 1. The number of benzene rings is 2. The van der Waals surface area contributed by atoms with Gasteiger partial charge in [0.1, 0.15) is 17.6 Å². The molecular formula is C24H23FNO5P. The number of hydrogen-bond donors (Lipinski definition) is 2. The number of para-hydroxylation sites is 1. The number of nitrogens with zero attached hydrogens (tertiary/aromatic N) is 1. The van der Waals surface area contributed by atoms with Gasteiger partial charge in [-0.15, -0.1) is 0 Å². The van der Waals surface area contributed by atoms with Gasteiger partial charge in [-0.3, -0.25) is 9.36 Å². The monoisotopic (exact) mass is 455 g/mol. The van der Waals surface area contributed by atoms with E-state index in [0.29, 0.717) is 16.8 Å². The molecule has 0 saturated heterocycles. The number of aromatic nitrogens is 1. The lowest BCUT2D eigenvalue weighted by Gasteiger charge is -2.23. The summed E-state index contributed by atoms with van der Waals surface area (Å²) >= 11 is 0. The van der Waals surface area contributed by atoms with E-state index >= 15 is 0 Å². The minimum atomic E-state index is -2.18. The number of aliphatic hydroxyl groups excluding tert-OH is 1. The molecule has 0 aliphatic heterocycles. The lowest BCUT2D eigenvalue weighted by molar-refractivity contribution is -0.138. The molecule has 166 valence electrons. The second-order valence-corrected chi connectivity index (χ2v) is 8.55. The third-order valence-corrected chi connectivity index (χ3v) is 5.87. The van der Waals surface area contributed by atoms with Gasteiger partial charge in [0.25, 0.3) is 0 Å². The van der Waals surface area contributed by atoms with Crippen LogP contribution in [0.5, 0.6) is 5.75 Å². The maximum absolute atomic E-state index is 13.5. The SMILES string of the molecule is C=CC(O)(P=O)C(O)CC(=O)Oc1c(-c2ccc(F)cc2)nc2ccccc2c1C(C)C. The normalized spacial score (nSPS) is 14.3. The first kappa shape index (κ1) is 23.7. The number of hydrogen-bond acceptors (Lipinski definition) is 6. The van der Waals surface area contributed by atoms with E-state index in [1.54, 1.807) is 0 Å². The fraction of sp³-hybridized carbons (Fsp3) is 0.250. The molecule has 1 aromatic heterocycles. The van der Waals surface area contributed by atoms with Crippen molar-refractivity contribution in [1.29, 1.82) is 0 Å². The Morgan fingerprint density at radius 2 is 1.91 bits per heavy atom. The Morgan fingerprint density at radius 1 is 1.25 bits per heavy atom. The summed E-state index contributed by atoms with van der Waals surface area (Å²) in [5.74, 6) is -1.16.